The summed E-state index contributed by atoms with van der Waals surface area (Å²) in [5.41, 5.74) is 3.09. The molecule has 0 aromatic carbocycles. The van der Waals surface area contributed by atoms with Crippen LogP contribution >= 0.6 is 0 Å². The van der Waals surface area contributed by atoms with E-state index in [1.165, 1.54) is 5.57 Å². The van der Waals surface area contributed by atoms with Crippen LogP contribution in [0.3, 0.4) is 0 Å². The molecule has 2 atom stereocenters. The molecule has 24 heavy (non-hydrogen) atoms. The van der Waals surface area contributed by atoms with Gasteiger partial charge in [0.1, 0.15) is 5.76 Å². The number of ketones is 1. The summed E-state index contributed by atoms with van der Waals surface area (Å²) in [6.45, 7) is 14.8. The van der Waals surface area contributed by atoms with Crippen LogP contribution in [0.15, 0.2) is 22.5 Å². The number of carbonyl (C=O) groups excluding carboxylic acids is 1. The monoisotopic (exact) mass is 334 g/mol. The predicted octanol–water partition coefficient (Wildman–Crippen LogP) is 5.41. The summed E-state index contributed by atoms with van der Waals surface area (Å²) in [6, 6.07) is 0. The zero-order valence-electron chi connectivity index (χ0n) is 16.7. The molecule has 2 rings (SSSR count). The lowest BCUT2D eigenvalue weighted by Gasteiger charge is -2.44. The van der Waals surface area contributed by atoms with Crippen molar-refractivity contribution in [2.75, 3.05) is 7.11 Å². The van der Waals surface area contributed by atoms with Crippen molar-refractivity contribution in [2.24, 2.45) is 17.3 Å². The third kappa shape index (κ3) is 3.33. The number of ether oxygens (including phenoxy) is 2. The SMILES string of the molecule is CCCC1=C(C(C)(C)C)C(=O)C(C(C)C)C2=C1OC(C)(OC)CC2. The molecule has 136 valence electrons. The van der Waals surface area contributed by atoms with Crippen LogP contribution in [0.5, 0.6) is 0 Å². The Bertz CT molecular complexity index is 574. The Kier molecular flexibility index (Phi) is 5.34. The quantitative estimate of drug-likeness (QED) is 0.689. The Balaban J connectivity index is 2.69. The van der Waals surface area contributed by atoms with E-state index in [0.29, 0.717) is 5.78 Å². The Labute approximate surface area is 147 Å². The van der Waals surface area contributed by atoms with Gasteiger partial charge in [-0.05, 0) is 29.7 Å². The van der Waals surface area contributed by atoms with E-state index in [-0.39, 0.29) is 17.3 Å². The van der Waals surface area contributed by atoms with Gasteiger partial charge in [0.2, 0.25) is 5.79 Å². The van der Waals surface area contributed by atoms with E-state index in [0.717, 1.165) is 42.6 Å². The second kappa shape index (κ2) is 6.67. The summed E-state index contributed by atoms with van der Waals surface area (Å²) in [4.78, 5) is 13.4. The first-order valence-electron chi connectivity index (χ1n) is 9.31. The molecule has 1 aliphatic heterocycles. The molecule has 0 saturated carbocycles. The van der Waals surface area contributed by atoms with Crippen LogP contribution in [0.1, 0.15) is 74.1 Å². The topological polar surface area (TPSA) is 35.5 Å². The van der Waals surface area contributed by atoms with Crippen LogP contribution < -0.4 is 0 Å². The number of hydrogen-bond donors (Lipinski definition) is 0. The molecule has 0 radical (unpaired) electrons. The molecule has 2 aliphatic rings. The van der Waals surface area contributed by atoms with E-state index in [1.807, 2.05) is 6.92 Å². The number of Topliss-reactive ketones (excluding diaryl/α,β-unsaturated/α-hetero) is 1. The zero-order chi connectivity index (χ0) is 18.3. The van der Waals surface area contributed by atoms with Crippen molar-refractivity contribution in [3.8, 4) is 0 Å². The lowest BCUT2D eigenvalue weighted by molar-refractivity contribution is -0.196. The second-order valence-electron chi connectivity index (χ2n) is 8.73. The van der Waals surface area contributed by atoms with Gasteiger partial charge in [0, 0.05) is 37.5 Å². The third-order valence-corrected chi connectivity index (χ3v) is 5.29. The van der Waals surface area contributed by atoms with Crippen LogP contribution in [0, 0.1) is 17.3 Å². The van der Waals surface area contributed by atoms with E-state index in [2.05, 4.69) is 41.5 Å². The number of hydrogen-bond acceptors (Lipinski definition) is 3. The second-order valence-corrected chi connectivity index (χ2v) is 8.73. The fourth-order valence-corrected chi connectivity index (χ4v) is 4.10. The molecule has 0 saturated heterocycles. The molecular formula is C21H34O3. The standard InChI is InChI=1S/C21H34O3/c1-9-10-15-17(20(4,5)6)18(22)16(13(2)3)14-11-12-21(7,23-8)24-19(14)15/h13,16H,9-12H2,1-8H3. The minimum atomic E-state index is -0.595. The van der Waals surface area contributed by atoms with Gasteiger partial charge in [-0.3, -0.25) is 4.79 Å². The summed E-state index contributed by atoms with van der Waals surface area (Å²) in [5, 5.41) is 0. The Morgan fingerprint density at radius 3 is 2.42 bits per heavy atom. The van der Waals surface area contributed by atoms with Crippen LogP contribution in [0.4, 0.5) is 0 Å². The number of allylic oxidation sites excluding steroid dienone is 3. The van der Waals surface area contributed by atoms with Crippen LogP contribution in [0.2, 0.25) is 0 Å². The zero-order valence-corrected chi connectivity index (χ0v) is 16.7. The maximum atomic E-state index is 13.4. The molecule has 2 unspecified atom stereocenters. The molecule has 0 aromatic heterocycles. The highest BCUT2D eigenvalue weighted by Crippen LogP contribution is 2.49. The van der Waals surface area contributed by atoms with Gasteiger partial charge in [-0.25, -0.2) is 0 Å². The number of rotatable bonds is 4. The number of carbonyl (C=O) groups is 1. The van der Waals surface area contributed by atoms with E-state index in [9.17, 15) is 4.79 Å². The molecule has 0 spiro atoms. The van der Waals surface area contributed by atoms with E-state index in [1.54, 1.807) is 7.11 Å². The lowest BCUT2D eigenvalue weighted by atomic mass is 9.66. The first-order chi connectivity index (χ1) is 11.1. The van der Waals surface area contributed by atoms with Crippen molar-refractivity contribution in [2.45, 2.75) is 79.9 Å². The van der Waals surface area contributed by atoms with Gasteiger partial charge < -0.3 is 9.47 Å². The average molecular weight is 335 g/mol. The number of methoxy groups -OCH3 is 1. The lowest BCUT2D eigenvalue weighted by Crippen LogP contribution is -2.42. The normalized spacial score (nSPS) is 28.4. The van der Waals surface area contributed by atoms with Crippen molar-refractivity contribution < 1.29 is 14.3 Å². The van der Waals surface area contributed by atoms with Crippen molar-refractivity contribution in [1.82, 2.24) is 0 Å². The Morgan fingerprint density at radius 2 is 1.96 bits per heavy atom. The summed E-state index contributed by atoms with van der Waals surface area (Å²) in [7, 11) is 1.70. The van der Waals surface area contributed by atoms with Gasteiger partial charge in [-0.1, -0.05) is 48.0 Å². The summed E-state index contributed by atoms with van der Waals surface area (Å²) in [6.07, 6.45) is 3.54. The van der Waals surface area contributed by atoms with Gasteiger partial charge in [0.05, 0.1) is 0 Å². The molecule has 3 nitrogen and oxygen atoms in total. The van der Waals surface area contributed by atoms with Crippen molar-refractivity contribution in [1.29, 1.82) is 0 Å². The van der Waals surface area contributed by atoms with Crippen molar-refractivity contribution in [3.05, 3.63) is 22.5 Å². The Hall–Kier alpha value is -1.09. The van der Waals surface area contributed by atoms with Gasteiger partial charge in [-0.15, -0.1) is 0 Å². The third-order valence-electron chi connectivity index (χ3n) is 5.29. The van der Waals surface area contributed by atoms with Gasteiger partial charge >= 0.3 is 0 Å². The molecule has 0 fully saturated rings. The highest BCUT2D eigenvalue weighted by atomic mass is 16.7. The highest BCUT2D eigenvalue weighted by molar-refractivity contribution is 6.03. The van der Waals surface area contributed by atoms with Gasteiger partial charge in [-0.2, -0.15) is 0 Å². The Morgan fingerprint density at radius 1 is 1.33 bits per heavy atom. The van der Waals surface area contributed by atoms with Crippen molar-refractivity contribution in [3.63, 3.8) is 0 Å². The first-order valence-corrected chi connectivity index (χ1v) is 9.31. The van der Waals surface area contributed by atoms with Gasteiger partial charge in [0.15, 0.2) is 5.78 Å². The fraction of sp³-hybridized carbons (Fsp3) is 0.762. The van der Waals surface area contributed by atoms with Crippen LogP contribution in [-0.4, -0.2) is 18.7 Å². The maximum absolute atomic E-state index is 13.4. The molecule has 1 aliphatic carbocycles. The minimum Gasteiger partial charge on any atom is -0.462 e. The molecular weight excluding hydrogens is 300 g/mol. The first kappa shape index (κ1) is 19.2. The molecule has 0 bridgehead atoms. The minimum absolute atomic E-state index is 0.0590. The average Bonchev–Trinajstić information content (AvgIpc) is 2.46. The van der Waals surface area contributed by atoms with Gasteiger partial charge in [0.25, 0.3) is 0 Å². The van der Waals surface area contributed by atoms with E-state index < -0.39 is 5.79 Å². The molecule has 0 aromatic rings. The maximum Gasteiger partial charge on any atom is 0.207 e. The largest absolute Gasteiger partial charge is 0.462 e. The van der Waals surface area contributed by atoms with Crippen molar-refractivity contribution >= 4 is 5.78 Å². The highest BCUT2D eigenvalue weighted by Gasteiger charge is 2.46. The smallest absolute Gasteiger partial charge is 0.207 e. The molecule has 3 heteroatoms. The summed E-state index contributed by atoms with van der Waals surface area (Å²) in [5.74, 6) is 0.887. The summed E-state index contributed by atoms with van der Waals surface area (Å²) < 4.78 is 12.0. The van der Waals surface area contributed by atoms with Crippen LogP contribution in [-0.2, 0) is 14.3 Å². The van der Waals surface area contributed by atoms with E-state index >= 15 is 0 Å². The van der Waals surface area contributed by atoms with E-state index in [4.69, 9.17) is 9.47 Å². The predicted molar refractivity (Wildman–Crippen MR) is 97.5 cm³/mol. The fourth-order valence-electron chi connectivity index (χ4n) is 4.10. The summed E-state index contributed by atoms with van der Waals surface area (Å²) >= 11 is 0. The molecule has 0 N–H and O–H groups in total. The molecule has 1 heterocycles. The van der Waals surface area contributed by atoms with Crippen LogP contribution in [0.25, 0.3) is 0 Å². The molecule has 0 amide bonds.